The van der Waals surface area contributed by atoms with Crippen LogP contribution in [0.25, 0.3) is 0 Å². The van der Waals surface area contributed by atoms with E-state index in [4.69, 9.17) is 5.73 Å². The Bertz CT molecular complexity index is 376. The van der Waals surface area contributed by atoms with Crippen molar-refractivity contribution >= 4 is 11.7 Å². The van der Waals surface area contributed by atoms with Gasteiger partial charge in [-0.1, -0.05) is 26.7 Å². The van der Waals surface area contributed by atoms with Crippen molar-refractivity contribution in [2.24, 2.45) is 11.7 Å². The summed E-state index contributed by atoms with van der Waals surface area (Å²) < 4.78 is 0. The number of carbonyl (C=O) groups excluding carboxylic acids is 1. The maximum absolute atomic E-state index is 10.8. The summed E-state index contributed by atoms with van der Waals surface area (Å²) in [5, 5.41) is 20.4. The van der Waals surface area contributed by atoms with Crippen molar-refractivity contribution in [2.45, 2.75) is 32.8 Å². The number of aromatic nitrogens is 2. The fourth-order valence-corrected chi connectivity index (χ4v) is 1.77. The van der Waals surface area contributed by atoms with Gasteiger partial charge in [-0.2, -0.15) is 0 Å². The Morgan fingerprint density at radius 3 is 2.50 bits per heavy atom. The minimum Gasteiger partial charge on any atom is -0.391 e. The number of carbonyl (C=O) groups is 1. The van der Waals surface area contributed by atoms with E-state index in [-0.39, 0.29) is 11.6 Å². The summed E-state index contributed by atoms with van der Waals surface area (Å²) in [6.07, 6.45) is 1.45. The van der Waals surface area contributed by atoms with Crippen LogP contribution in [0, 0.1) is 5.92 Å². The molecule has 0 aromatic carbocycles. The number of rotatable bonds is 7. The lowest BCUT2D eigenvalue weighted by Gasteiger charge is -2.20. The van der Waals surface area contributed by atoms with Gasteiger partial charge in [0.2, 0.25) is 0 Å². The zero-order valence-corrected chi connectivity index (χ0v) is 10.8. The molecule has 0 saturated heterocycles. The Kier molecular flexibility index (Phi) is 5.51. The highest BCUT2D eigenvalue weighted by Gasteiger charge is 2.15. The van der Waals surface area contributed by atoms with Gasteiger partial charge in [0.1, 0.15) is 5.82 Å². The quantitative estimate of drug-likeness (QED) is 0.666. The average molecular weight is 252 g/mol. The summed E-state index contributed by atoms with van der Waals surface area (Å²) in [5.41, 5.74) is 5.19. The van der Waals surface area contributed by atoms with E-state index in [1.165, 1.54) is 6.07 Å². The Balaban J connectivity index is 2.50. The number of nitrogens with zero attached hydrogens (tertiary/aromatic N) is 2. The number of hydrogen-bond donors (Lipinski definition) is 3. The van der Waals surface area contributed by atoms with Gasteiger partial charge in [0.15, 0.2) is 5.69 Å². The number of nitrogens with two attached hydrogens (primary N) is 1. The summed E-state index contributed by atoms with van der Waals surface area (Å²) in [6.45, 7) is 4.52. The highest BCUT2D eigenvalue weighted by atomic mass is 16.3. The number of hydrogen-bond acceptors (Lipinski definition) is 5. The molecule has 1 rings (SSSR count). The van der Waals surface area contributed by atoms with Crippen molar-refractivity contribution in [2.75, 3.05) is 11.9 Å². The normalized spacial score (nSPS) is 12.4. The van der Waals surface area contributed by atoms with Crippen molar-refractivity contribution < 1.29 is 9.90 Å². The van der Waals surface area contributed by atoms with E-state index < -0.39 is 12.0 Å². The van der Waals surface area contributed by atoms with Crippen LogP contribution in [0.3, 0.4) is 0 Å². The topological polar surface area (TPSA) is 101 Å². The van der Waals surface area contributed by atoms with Crippen LogP contribution in [0.1, 0.15) is 37.2 Å². The maximum Gasteiger partial charge on any atom is 0.269 e. The molecule has 1 aromatic heterocycles. The minimum absolute atomic E-state index is 0.126. The summed E-state index contributed by atoms with van der Waals surface area (Å²) in [7, 11) is 0. The summed E-state index contributed by atoms with van der Waals surface area (Å²) in [6, 6.07) is 3.12. The highest BCUT2D eigenvalue weighted by molar-refractivity contribution is 5.90. The minimum atomic E-state index is -0.605. The van der Waals surface area contributed by atoms with Crippen LogP contribution in [0.15, 0.2) is 12.1 Å². The largest absolute Gasteiger partial charge is 0.391 e. The van der Waals surface area contributed by atoms with Gasteiger partial charge in [-0.25, -0.2) is 0 Å². The number of aliphatic hydroxyl groups excluding tert-OH is 1. The van der Waals surface area contributed by atoms with Crippen LogP contribution in [0.4, 0.5) is 5.82 Å². The Morgan fingerprint density at radius 1 is 1.39 bits per heavy atom. The number of nitrogens with one attached hydrogen (secondary N) is 1. The van der Waals surface area contributed by atoms with Crippen LogP contribution < -0.4 is 11.1 Å². The first-order valence-corrected chi connectivity index (χ1v) is 6.13. The molecule has 6 nitrogen and oxygen atoms in total. The van der Waals surface area contributed by atoms with Gasteiger partial charge in [0.05, 0.1) is 6.10 Å². The van der Waals surface area contributed by atoms with E-state index in [2.05, 4.69) is 29.4 Å². The van der Waals surface area contributed by atoms with E-state index in [0.717, 1.165) is 12.8 Å². The van der Waals surface area contributed by atoms with E-state index >= 15 is 0 Å². The Labute approximate surface area is 107 Å². The molecule has 1 aromatic rings. The molecule has 0 fully saturated rings. The molecule has 0 aliphatic rings. The number of primary amides is 1. The third-order valence-corrected chi connectivity index (χ3v) is 3.00. The van der Waals surface area contributed by atoms with Crippen LogP contribution in [0.5, 0.6) is 0 Å². The lowest BCUT2D eigenvalue weighted by molar-refractivity contribution is 0.0994. The molecule has 0 aliphatic heterocycles. The van der Waals surface area contributed by atoms with Crippen LogP contribution in [-0.2, 0) is 0 Å². The molecule has 4 N–H and O–H groups in total. The summed E-state index contributed by atoms with van der Waals surface area (Å²) in [5.74, 6) is 0.187. The Hall–Kier alpha value is -1.69. The van der Waals surface area contributed by atoms with E-state index in [1.807, 2.05) is 0 Å². The van der Waals surface area contributed by atoms with Crippen molar-refractivity contribution in [1.29, 1.82) is 0 Å². The molecule has 100 valence electrons. The monoisotopic (exact) mass is 252 g/mol. The average Bonchev–Trinajstić information content (AvgIpc) is 2.38. The fraction of sp³-hybridized carbons (Fsp3) is 0.583. The van der Waals surface area contributed by atoms with Crippen molar-refractivity contribution in [1.82, 2.24) is 10.2 Å². The molecule has 0 bridgehead atoms. The number of amides is 1. The molecule has 6 heteroatoms. The van der Waals surface area contributed by atoms with Gasteiger partial charge in [-0.05, 0) is 18.1 Å². The van der Waals surface area contributed by atoms with E-state index in [0.29, 0.717) is 12.4 Å². The molecule has 1 heterocycles. The molecule has 1 amide bonds. The van der Waals surface area contributed by atoms with Crippen LogP contribution in [0.2, 0.25) is 0 Å². The molecular formula is C12H20N4O2. The smallest absolute Gasteiger partial charge is 0.269 e. The van der Waals surface area contributed by atoms with Gasteiger partial charge in [-0.3, -0.25) is 4.79 Å². The lowest BCUT2D eigenvalue weighted by atomic mass is 9.97. The van der Waals surface area contributed by atoms with Crippen molar-refractivity contribution in [3.05, 3.63) is 17.8 Å². The predicted octanol–water partition coefficient (Wildman–Crippen LogP) is 0.784. The molecule has 0 saturated carbocycles. The molecule has 18 heavy (non-hydrogen) atoms. The first-order chi connectivity index (χ1) is 8.58. The van der Waals surface area contributed by atoms with Gasteiger partial charge in [0.25, 0.3) is 5.91 Å². The number of aliphatic hydroxyl groups is 1. The van der Waals surface area contributed by atoms with E-state index in [9.17, 15) is 9.90 Å². The standard InChI is InChI=1S/C12H20N4O2/c1-3-8(4-2)10(17)7-14-11-6-5-9(12(13)18)15-16-11/h5-6,8,10,17H,3-4,7H2,1-2H3,(H2,13,18)(H,14,16). The van der Waals surface area contributed by atoms with Crippen LogP contribution >= 0.6 is 0 Å². The van der Waals surface area contributed by atoms with Crippen molar-refractivity contribution in [3.8, 4) is 0 Å². The highest BCUT2D eigenvalue weighted by Crippen LogP contribution is 2.13. The second-order valence-electron chi connectivity index (χ2n) is 4.19. The van der Waals surface area contributed by atoms with Gasteiger partial charge >= 0.3 is 0 Å². The predicted molar refractivity (Wildman–Crippen MR) is 69.1 cm³/mol. The SMILES string of the molecule is CCC(CC)C(O)CNc1ccc(C(N)=O)nn1. The van der Waals surface area contributed by atoms with Crippen LogP contribution in [-0.4, -0.2) is 33.9 Å². The molecule has 0 spiro atoms. The Morgan fingerprint density at radius 2 is 2.06 bits per heavy atom. The first-order valence-electron chi connectivity index (χ1n) is 6.13. The van der Waals surface area contributed by atoms with E-state index in [1.54, 1.807) is 6.07 Å². The first kappa shape index (κ1) is 14.4. The molecule has 1 atom stereocenters. The number of anilines is 1. The molecule has 1 unspecified atom stereocenters. The maximum atomic E-state index is 10.8. The second-order valence-corrected chi connectivity index (χ2v) is 4.19. The fourth-order valence-electron chi connectivity index (χ4n) is 1.77. The zero-order valence-electron chi connectivity index (χ0n) is 10.8. The van der Waals surface area contributed by atoms with Gasteiger partial charge in [-0.15, -0.1) is 10.2 Å². The molecule has 0 aliphatic carbocycles. The summed E-state index contributed by atoms with van der Waals surface area (Å²) >= 11 is 0. The molecule has 0 radical (unpaired) electrons. The lowest BCUT2D eigenvalue weighted by Crippen LogP contribution is -2.28. The second kappa shape index (κ2) is 6.90. The summed E-state index contributed by atoms with van der Waals surface area (Å²) in [4.78, 5) is 10.8. The van der Waals surface area contributed by atoms with Gasteiger partial charge < -0.3 is 16.2 Å². The molecular weight excluding hydrogens is 232 g/mol. The van der Waals surface area contributed by atoms with Crippen molar-refractivity contribution in [3.63, 3.8) is 0 Å². The third kappa shape index (κ3) is 3.96. The zero-order chi connectivity index (χ0) is 13.5. The third-order valence-electron chi connectivity index (χ3n) is 3.00. The van der Waals surface area contributed by atoms with Gasteiger partial charge in [0, 0.05) is 6.54 Å².